The molecule has 0 spiro atoms. The summed E-state index contributed by atoms with van der Waals surface area (Å²) in [5.41, 5.74) is 1.16. The molecule has 7 heteroatoms. The van der Waals surface area contributed by atoms with Crippen LogP contribution in [-0.2, 0) is 9.59 Å². The second-order valence-electron chi connectivity index (χ2n) is 7.30. The van der Waals surface area contributed by atoms with Gasteiger partial charge in [-0.1, -0.05) is 24.3 Å². The lowest BCUT2D eigenvalue weighted by atomic mass is 9.95. The molecule has 0 aliphatic carbocycles. The van der Waals surface area contributed by atoms with Crippen molar-refractivity contribution in [3.8, 4) is 11.5 Å². The predicted octanol–water partition coefficient (Wildman–Crippen LogP) is 2.69. The molecule has 1 N–H and O–H groups in total. The Kier molecular flexibility index (Phi) is 6.42. The van der Waals surface area contributed by atoms with E-state index in [9.17, 15) is 14.7 Å². The standard InChI is InChI=1S/C23H26N2O5/c1-24(2)11-12-25-20(15-7-5-9-17(13-15)29-3)19(22(27)23(25)28)21(26)16-8-6-10-18(14-16)30-4/h5-10,13-14,20,26H,11-12H2,1-4H3/t20-/m1/s1. The van der Waals surface area contributed by atoms with E-state index in [2.05, 4.69) is 0 Å². The minimum Gasteiger partial charge on any atom is -0.507 e. The molecule has 1 aliphatic heterocycles. The van der Waals surface area contributed by atoms with Crippen molar-refractivity contribution in [2.75, 3.05) is 41.4 Å². The Morgan fingerprint density at radius 2 is 1.67 bits per heavy atom. The first-order valence-corrected chi connectivity index (χ1v) is 9.59. The highest BCUT2D eigenvalue weighted by molar-refractivity contribution is 6.46. The third-order valence-electron chi connectivity index (χ3n) is 5.08. The van der Waals surface area contributed by atoms with Gasteiger partial charge in [0, 0.05) is 18.7 Å². The van der Waals surface area contributed by atoms with Gasteiger partial charge in [0.05, 0.1) is 25.8 Å². The zero-order chi connectivity index (χ0) is 21.8. The number of benzene rings is 2. The summed E-state index contributed by atoms with van der Waals surface area (Å²) in [4.78, 5) is 29.3. The van der Waals surface area contributed by atoms with E-state index < -0.39 is 17.7 Å². The molecule has 0 radical (unpaired) electrons. The van der Waals surface area contributed by atoms with Crippen molar-refractivity contribution in [1.29, 1.82) is 0 Å². The molecule has 0 saturated carbocycles. The molecule has 0 unspecified atom stereocenters. The van der Waals surface area contributed by atoms with E-state index in [1.165, 1.54) is 12.0 Å². The number of hydrogen-bond acceptors (Lipinski definition) is 6. The number of Topliss-reactive ketones (excluding diaryl/α,β-unsaturated/α-hetero) is 1. The fourth-order valence-corrected chi connectivity index (χ4v) is 3.50. The van der Waals surface area contributed by atoms with Crippen LogP contribution < -0.4 is 9.47 Å². The number of aliphatic hydroxyl groups excluding tert-OH is 1. The molecule has 1 saturated heterocycles. The number of rotatable bonds is 7. The Labute approximate surface area is 176 Å². The van der Waals surface area contributed by atoms with Gasteiger partial charge in [0.25, 0.3) is 11.7 Å². The van der Waals surface area contributed by atoms with Gasteiger partial charge >= 0.3 is 0 Å². The molecule has 2 aromatic rings. The Morgan fingerprint density at radius 1 is 1.03 bits per heavy atom. The number of hydrogen-bond donors (Lipinski definition) is 1. The molecule has 1 fully saturated rings. The Bertz CT molecular complexity index is 983. The molecule has 0 bridgehead atoms. The summed E-state index contributed by atoms with van der Waals surface area (Å²) in [6.45, 7) is 0.918. The lowest BCUT2D eigenvalue weighted by Crippen LogP contribution is -2.35. The number of ether oxygens (including phenoxy) is 2. The van der Waals surface area contributed by atoms with Crippen LogP contribution in [0.25, 0.3) is 5.76 Å². The first kappa shape index (κ1) is 21.4. The van der Waals surface area contributed by atoms with Crippen molar-refractivity contribution in [2.45, 2.75) is 6.04 Å². The smallest absolute Gasteiger partial charge is 0.295 e. The van der Waals surface area contributed by atoms with Gasteiger partial charge in [0.15, 0.2) is 0 Å². The van der Waals surface area contributed by atoms with E-state index in [1.807, 2.05) is 25.1 Å². The molecule has 2 aromatic carbocycles. The summed E-state index contributed by atoms with van der Waals surface area (Å²) < 4.78 is 10.5. The first-order chi connectivity index (χ1) is 14.4. The molecule has 3 rings (SSSR count). The number of amides is 1. The van der Waals surface area contributed by atoms with Gasteiger partial charge in [-0.15, -0.1) is 0 Å². The highest BCUT2D eigenvalue weighted by atomic mass is 16.5. The molecular weight excluding hydrogens is 384 g/mol. The summed E-state index contributed by atoms with van der Waals surface area (Å²) in [5, 5.41) is 11.1. The second kappa shape index (κ2) is 9.00. The maximum absolute atomic E-state index is 13.0. The van der Waals surface area contributed by atoms with Gasteiger partial charge < -0.3 is 24.4 Å². The fourth-order valence-electron chi connectivity index (χ4n) is 3.50. The maximum Gasteiger partial charge on any atom is 0.295 e. The minimum atomic E-state index is -0.716. The highest BCUT2D eigenvalue weighted by Crippen LogP contribution is 2.40. The number of carbonyl (C=O) groups excluding carboxylic acids is 2. The van der Waals surface area contributed by atoms with Crippen LogP contribution in [0.1, 0.15) is 17.2 Å². The molecule has 158 valence electrons. The topological polar surface area (TPSA) is 79.3 Å². The van der Waals surface area contributed by atoms with E-state index in [1.54, 1.807) is 49.6 Å². The van der Waals surface area contributed by atoms with Crippen LogP contribution in [-0.4, -0.2) is 68.0 Å². The van der Waals surface area contributed by atoms with Crippen LogP contribution in [0.2, 0.25) is 0 Å². The fraction of sp³-hybridized carbons (Fsp3) is 0.304. The third-order valence-corrected chi connectivity index (χ3v) is 5.08. The third kappa shape index (κ3) is 4.16. The largest absolute Gasteiger partial charge is 0.507 e. The maximum atomic E-state index is 13.0. The van der Waals surface area contributed by atoms with Crippen molar-refractivity contribution < 1.29 is 24.2 Å². The number of ketones is 1. The summed E-state index contributed by atoms with van der Waals surface area (Å²) in [6, 6.07) is 13.2. The van der Waals surface area contributed by atoms with Gasteiger partial charge in [-0.25, -0.2) is 0 Å². The average Bonchev–Trinajstić information content (AvgIpc) is 3.01. The van der Waals surface area contributed by atoms with Crippen LogP contribution in [0.3, 0.4) is 0 Å². The monoisotopic (exact) mass is 410 g/mol. The van der Waals surface area contributed by atoms with Crippen LogP contribution >= 0.6 is 0 Å². The van der Waals surface area contributed by atoms with Gasteiger partial charge in [0.2, 0.25) is 0 Å². The van der Waals surface area contributed by atoms with E-state index >= 15 is 0 Å². The van der Waals surface area contributed by atoms with Crippen molar-refractivity contribution >= 4 is 17.4 Å². The summed E-state index contributed by atoms with van der Waals surface area (Å²) >= 11 is 0. The number of likely N-dealkylation sites (tertiary alicyclic amines) is 1. The van der Waals surface area contributed by atoms with Gasteiger partial charge in [-0.2, -0.15) is 0 Å². The molecule has 1 heterocycles. The number of carbonyl (C=O) groups is 2. The lowest BCUT2D eigenvalue weighted by molar-refractivity contribution is -0.140. The number of methoxy groups -OCH3 is 2. The Balaban J connectivity index is 2.16. The number of nitrogens with zero attached hydrogens (tertiary/aromatic N) is 2. The normalized spacial score (nSPS) is 18.2. The quantitative estimate of drug-likeness (QED) is 0.430. The number of aliphatic hydroxyl groups is 1. The molecule has 7 nitrogen and oxygen atoms in total. The summed E-state index contributed by atoms with van der Waals surface area (Å²) in [7, 11) is 6.87. The summed E-state index contributed by atoms with van der Waals surface area (Å²) in [6.07, 6.45) is 0. The van der Waals surface area contributed by atoms with Crippen molar-refractivity contribution in [1.82, 2.24) is 9.80 Å². The Morgan fingerprint density at radius 3 is 2.30 bits per heavy atom. The molecule has 1 amide bonds. The van der Waals surface area contributed by atoms with Crippen LogP contribution in [0.4, 0.5) is 0 Å². The van der Waals surface area contributed by atoms with Crippen molar-refractivity contribution in [2.24, 2.45) is 0 Å². The van der Waals surface area contributed by atoms with E-state index in [0.29, 0.717) is 35.7 Å². The average molecular weight is 410 g/mol. The molecule has 30 heavy (non-hydrogen) atoms. The molecular formula is C23H26N2O5. The second-order valence-corrected chi connectivity index (χ2v) is 7.30. The lowest BCUT2D eigenvalue weighted by Gasteiger charge is -2.26. The van der Waals surface area contributed by atoms with Crippen molar-refractivity contribution in [3.05, 3.63) is 65.2 Å². The van der Waals surface area contributed by atoms with Crippen molar-refractivity contribution in [3.63, 3.8) is 0 Å². The zero-order valence-electron chi connectivity index (χ0n) is 17.6. The Hall–Kier alpha value is -3.32. The van der Waals surface area contributed by atoms with Gasteiger partial charge in [0.1, 0.15) is 17.3 Å². The van der Waals surface area contributed by atoms with E-state index in [-0.39, 0.29) is 11.3 Å². The van der Waals surface area contributed by atoms with Gasteiger partial charge in [-0.05, 0) is 43.9 Å². The number of likely N-dealkylation sites (N-methyl/N-ethyl adjacent to an activating group) is 1. The SMILES string of the molecule is COc1cccc(C(O)=C2C(=O)C(=O)N(CCN(C)C)[C@@H]2c2cccc(OC)c2)c1. The first-order valence-electron chi connectivity index (χ1n) is 9.59. The van der Waals surface area contributed by atoms with Crippen LogP contribution in [0, 0.1) is 0 Å². The molecule has 1 aliphatic rings. The van der Waals surface area contributed by atoms with E-state index in [4.69, 9.17) is 9.47 Å². The summed E-state index contributed by atoms with van der Waals surface area (Å²) in [5.74, 6) is -0.422. The minimum absolute atomic E-state index is 0.0558. The molecule has 0 aromatic heterocycles. The highest BCUT2D eigenvalue weighted by Gasteiger charge is 2.46. The van der Waals surface area contributed by atoms with Gasteiger partial charge in [-0.3, -0.25) is 9.59 Å². The van der Waals surface area contributed by atoms with E-state index in [0.717, 1.165) is 0 Å². The van der Waals surface area contributed by atoms with Crippen LogP contribution in [0.15, 0.2) is 54.1 Å². The zero-order valence-corrected chi connectivity index (χ0v) is 17.6. The predicted molar refractivity (Wildman–Crippen MR) is 114 cm³/mol. The van der Waals surface area contributed by atoms with Crippen LogP contribution in [0.5, 0.6) is 11.5 Å². The molecule has 1 atom stereocenters.